The molecule has 1 saturated heterocycles. The van der Waals surface area contributed by atoms with Crippen LogP contribution in [-0.4, -0.2) is 28.6 Å². The molecular weight excluding hydrogens is 283 g/mol. The number of nitrogens with zero attached hydrogens (tertiary/aromatic N) is 2. The van der Waals surface area contributed by atoms with Crippen molar-refractivity contribution in [2.45, 2.75) is 18.9 Å². The first-order valence-corrected chi connectivity index (χ1v) is 6.69. The second-order valence-electron chi connectivity index (χ2n) is 4.80. The third-order valence-corrected chi connectivity index (χ3v) is 3.90. The van der Waals surface area contributed by atoms with Gasteiger partial charge in [0.05, 0.1) is 10.5 Å². The molecule has 1 aliphatic heterocycles. The first-order valence-electron chi connectivity index (χ1n) is 6.31. The number of rotatable bonds is 2. The van der Waals surface area contributed by atoms with Crippen LogP contribution in [-0.2, 0) is 4.79 Å². The number of hydrogen-bond acceptors (Lipinski definition) is 3. The minimum absolute atomic E-state index is 0.0119. The summed E-state index contributed by atoms with van der Waals surface area (Å²) in [5.74, 6) is -1.37. The number of benzene rings is 1. The highest BCUT2D eigenvalue weighted by atomic mass is 35.5. The fourth-order valence-corrected chi connectivity index (χ4v) is 2.85. The van der Waals surface area contributed by atoms with Gasteiger partial charge in [-0.1, -0.05) is 11.6 Å². The Bertz CT molecular complexity index is 692. The van der Waals surface area contributed by atoms with Crippen molar-refractivity contribution < 1.29 is 14.3 Å². The molecule has 1 aromatic heterocycles. The molecule has 1 atom stereocenters. The molecular formula is C14H12ClFN2O2. The molecule has 6 heteroatoms. The Labute approximate surface area is 119 Å². The Balaban J connectivity index is 2.16. The maximum atomic E-state index is 13.5. The smallest absolute Gasteiger partial charge is 0.326 e. The van der Waals surface area contributed by atoms with Gasteiger partial charge in [-0.05, 0) is 25.0 Å². The number of halogens is 2. The van der Waals surface area contributed by atoms with Gasteiger partial charge < -0.3 is 10.0 Å². The maximum Gasteiger partial charge on any atom is 0.326 e. The number of aliphatic carboxylic acids is 1. The average molecular weight is 295 g/mol. The molecule has 20 heavy (non-hydrogen) atoms. The van der Waals surface area contributed by atoms with Crippen molar-refractivity contribution >= 4 is 34.2 Å². The minimum Gasteiger partial charge on any atom is -0.480 e. The number of hydrogen-bond donors (Lipinski definition) is 1. The van der Waals surface area contributed by atoms with Crippen molar-refractivity contribution in [3.63, 3.8) is 0 Å². The van der Waals surface area contributed by atoms with Gasteiger partial charge in [-0.2, -0.15) is 0 Å². The number of aromatic nitrogens is 1. The highest BCUT2D eigenvalue weighted by Crippen LogP contribution is 2.33. The van der Waals surface area contributed by atoms with E-state index in [4.69, 9.17) is 11.6 Å². The lowest BCUT2D eigenvalue weighted by Gasteiger charge is -2.25. The Kier molecular flexibility index (Phi) is 3.22. The number of carbonyl (C=O) groups is 1. The zero-order valence-electron chi connectivity index (χ0n) is 10.5. The van der Waals surface area contributed by atoms with E-state index in [2.05, 4.69) is 4.98 Å². The van der Waals surface area contributed by atoms with E-state index < -0.39 is 17.8 Å². The molecule has 0 saturated carbocycles. The predicted molar refractivity (Wildman–Crippen MR) is 74.7 cm³/mol. The normalized spacial score (nSPS) is 18.7. The molecule has 1 aliphatic rings. The predicted octanol–water partition coefficient (Wildman–Crippen LogP) is 3.08. The van der Waals surface area contributed by atoms with Crippen LogP contribution < -0.4 is 4.90 Å². The molecule has 104 valence electrons. The van der Waals surface area contributed by atoms with Crippen molar-refractivity contribution in [2.75, 3.05) is 11.4 Å². The Morgan fingerprint density at radius 1 is 1.50 bits per heavy atom. The van der Waals surface area contributed by atoms with Gasteiger partial charge >= 0.3 is 5.97 Å². The van der Waals surface area contributed by atoms with Crippen LogP contribution in [0.25, 0.3) is 10.9 Å². The van der Waals surface area contributed by atoms with Crippen LogP contribution >= 0.6 is 11.6 Å². The monoisotopic (exact) mass is 294 g/mol. The van der Waals surface area contributed by atoms with Crippen LogP contribution in [0.1, 0.15) is 12.8 Å². The third-order valence-electron chi connectivity index (χ3n) is 3.61. The van der Waals surface area contributed by atoms with E-state index >= 15 is 0 Å². The van der Waals surface area contributed by atoms with Gasteiger partial charge in [-0.15, -0.1) is 0 Å². The second kappa shape index (κ2) is 4.90. The van der Waals surface area contributed by atoms with Crippen molar-refractivity contribution in [1.82, 2.24) is 4.98 Å². The first-order chi connectivity index (χ1) is 9.58. The van der Waals surface area contributed by atoms with E-state index in [-0.39, 0.29) is 5.02 Å². The second-order valence-corrected chi connectivity index (χ2v) is 5.21. The number of fused-ring (bicyclic) bond motifs is 1. The lowest BCUT2D eigenvalue weighted by molar-refractivity contribution is -0.138. The van der Waals surface area contributed by atoms with E-state index in [0.29, 0.717) is 23.9 Å². The number of anilines is 1. The van der Waals surface area contributed by atoms with Crippen LogP contribution in [0.3, 0.4) is 0 Å². The molecule has 3 rings (SSSR count). The summed E-state index contributed by atoms with van der Waals surface area (Å²) < 4.78 is 13.5. The number of carboxylic acids is 1. The molecule has 1 N–H and O–H groups in total. The van der Waals surface area contributed by atoms with Crippen molar-refractivity contribution in [2.24, 2.45) is 0 Å². The Hall–Kier alpha value is -1.88. The maximum absolute atomic E-state index is 13.5. The van der Waals surface area contributed by atoms with E-state index in [1.54, 1.807) is 12.3 Å². The summed E-state index contributed by atoms with van der Waals surface area (Å²) in [5.41, 5.74) is 1.21. The van der Waals surface area contributed by atoms with E-state index in [1.165, 1.54) is 12.1 Å². The van der Waals surface area contributed by atoms with Crippen LogP contribution in [0.15, 0.2) is 24.4 Å². The van der Waals surface area contributed by atoms with Gasteiger partial charge in [0.1, 0.15) is 11.9 Å². The lowest BCUT2D eigenvalue weighted by atomic mass is 10.1. The third kappa shape index (κ3) is 2.08. The molecule has 1 aromatic carbocycles. The van der Waals surface area contributed by atoms with Crippen molar-refractivity contribution in [3.05, 3.63) is 35.2 Å². The van der Waals surface area contributed by atoms with Crippen molar-refractivity contribution in [3.8, 4) is 0 Å². The molecule has 0 radical (unpaired) electrons. The first kappa shape index (κ1) is 13.1. The SMILES string of the molecule is O=C(O)[C@@H]1CCCN1c1ccnc2cc(F)c(Cl)cc12. The largest absolute Gasteiger partial charge is 0.480 e. The highest BCUT2D eigenvalue weighted by molar-refractivity contribution is 6.31. The van der Waals surface area contributed by atoms with Crippen LogP contribution in [0, 0.1) is 5.82 Å². The van der Waals surface area contributed by atoms with Crippen LogP contribution in [0.2, 0.25) is 5.02 Å². The lowest BCUT2D eigenvalue weighted by Crippen LogP contribution is -2.36. The Morgan fingerprint density at radius 3 is 3.05 bits per heavy atom. The van der Waals surface area contributed by atoms with Crippen LogP contribution in [0.4, 0.5) is 10.1 Å². The van der Waals surface area contributed by atoms with Gasteiger partial charge in [-0.3, -0.25) is 4.98 Å². The zero-order chi connectivity index (χ0) is 14.3. The summed E-state index contributed by atoms with van der Waals surface area (Å²) in [5, 5.41) is 9.96. The van der Waals surface area contributed by atoms with Gasteiger partial charge in [0.15, 0.2) is 0 Å². The summed E-state index contributed by atoms with van der Waals surface area (Å²) in [7, 11) is 0. The molecule has 2 aromatic rings. The van der Waals surface area contributed by atoms with E-state index in [0.717, 1.165) is 12.1 Å². The van der Waals surface area contributed by atoms with Gasteiger partial charge in [0, 0.05) is 29.9 Å². The van der Waals surface area contributed by atoms with Crippen molar-refractivity contribution in [1.29, 1.82) is 0 Å². The molecule has 4 nitrogen and oxygen atoms in total. The fourth-order valence-electron chi connectivity index (χ4n) is 2.69. The Morgan fingerprint density at radius 2 is 2.30 bits per heavy atom. The molecule has 0 spiro atoms. The van der Waals surface area contributed by atoms with E-state index in [1.807, 2.05) is 4.90 Å². The molecule has 2 heterocycles. The summed E-state index contributed by atoms with van der Waals surface area (Å²) in [4.78, 5) is 17.2. The minimum atomic E-state index is -0.847. The standard InChI is InChI=1S/C14H12ClFN2O2/c15-9-6-8-11(7-10(9)16)17-4-3-12(8)18-5-1-2-13(18)14(19)20/h3-4,6-7,13H,1-2,5H2,(H,19,20)/t13-/m0/s1. The molecule has 0 aliphatic carbocycles. The fraction of sp³-hybridized carbons (Fsp3) is 0.286. The number of carboxylic acid groups (broad SMARTS) is 1. The summed E-state index contributed by atoms with van der Waals surface area (Å²) in [6, 6.07) is 3.97. The molecule has 0 bridgehead atoms. The summed E-state index contributed by atoms with van der Waals surface area (Å²) >= 11 is 5.83. The van der Waals surface area contributed by atoms with Crippen LogP contribution in [0.5, 0.6) is 0 Å². The summed E-state index contributed by atoms with van der Waals surface area (Å²) in [6.07, 6.45) is 2.98. The highest BCUT2D eigenvalue weighted by Gasteiger charge is 2.31. The topological polar surface area (TPSA) is 53.4 Å². The van der Waals surface area contributed by atoms with Gasteiger partial charge in [0.2, 0.25) is 0 Å². The van der Waals surface area contributed by atoms with Gasteiger partial charge in [0.25, 0.3) is 0 Å². The molecule has 0 unspecified atom stereocenters. The van der Waals surface area contributed by atoms with E-state index in [9.17, 15) is 14.3 Å². The number of pyridine rings is 1. The van der Waals surface area contributed by atoms with Gasteiger partial charge in [-0.25, -0.2) is 9.18 Å². The molecule has 0 amide bonds. The quantitative estimate of drug-likeness (QED) is 0.925. The summed E-state index contributed by atoms with van der Waals surface area (Å²) in [6.45, 7) is 0.658. The average Bonchev–Trinajstić information content (AvgIpc) is 2.88. The molecule has 1 fully saturated rings. The zero-order valence-corrected chi connectivity index (χ0v) is 11.3.